The van der Waals surface area contributed by atoms with E-state index in [1.807, 2.05) is 17.7 Å². The van der Waals surface area contributed by atoms with Crippen LogP contribution in [0.15, 0.2) is 40.1 Å². The molecule has 0 spiro atoms. The third-order valence-electron chi connectivity index (χ3n) is 3.37. The Bertz CT molecular complexity index is 894. The van der Waals surface area contributed by atoms with Gasteiger partial charge in [-0.2, -0.15) is 11.3 Å². The predicted molar refractivity (Wildman–Crippen MR) is 85.8 cm³/mol. The van der Waals surface area contributed by atoms with E-state index in [0.717, 1.165) is 11.1 Å². The minimum Gasteiger partial charge on any atom is -0.399 e. The summed E-state index contributed by atoms with van der Waals surface area (Å²) in [5.41, 5.74) is 9.09. The second-order valence-electron chi connectivity index (χ2n) is 4.86. The van der Waals surface area contributed by atoms with Crippen LogP contribution < -0.4 is 10.5 Å². The summed E-state index contributed by atoms with van der Waals surface area (Å²) in [5.74, 6) is 0. The molecule has 0 radical (unpaired) electrons. The maximum absolute atomic E-state index is 12.4. The second kappa shape index (κ2) is 5.18. The minimum absolute atomic E-state index is 0.241. The first-order chi connectivity index (χ1) is 9.97. The number of hydrogen-bond acceptors (Lipinski definition) is 4. The van der Waals surface area contributed by atoms with Gasteiger partial charge >= 0.3 is 0 Å². The number of nitrogens with one attached hydrogen (secondary N) is 2. The summed E-state index contributed by atoms with van der Waals surface area (Å²) < 4.78 is 27.5. The number of anilines is 1. The Kier molecular flexibility index (Phi) is 3.48. The van der Waals surface area contributed by atoms with E-state index in [1.165, 1.54) is 6.20 Å². The van der Waals surface area contributed by atoms with Gasteiger partial charge in [0, 0.05) is 29.3 Å². The van der Waals surface area contributed by atoms with Crippen molar-refractivity contribution in [2.45, 2.75) is 18.4 Å². The average molecular weight is 321 g/mol. The predicted octanol–water partition coefficient (Wildman–Crippen LogP) is 2.60. The highest BCUT2D eigenvalue weighted by Crippen LogP contribution is 2.24. The van der Waals surface area contributed by atoms with Crippen LogP contribution in [0.25, 0.3) is 10.9 Å². The largest absolute Gasteiger partial charge is 0.399 e. The van der Waals surface area contributed by atoms with E-state index in [4.69, 9.17) is 5.73 Å². The molecule has 1 aromatic carbocycles. The van der Waals surface area contributed by atoms with Gasteiger partial charge in [0.1, 0.15) is 4.90 Å². The van der Waals surface area contributed by atoms with Gasteiger partial charge in [-0.1, -0.05) is 0 Å². The molecular weight excluding hydrogens is 306 g/mol. The van der Waals surface area contributed by atoms with Crippen molar-refractivity contribution < 1.29 is 8.42 Å². The SMILES string of the molecule is Cc1cscc1CNS(=O)(=O)c1c[nH]c2cc(N)ccc12. The van der Waals surface area contributed by atoms with Crippen molar-refractivity contribution in [3.05, 3.63) is 46.3 Å². The Hall–Kier alpha value is -1.83. The summed E-state index contributed by atoms with van der Waals surface area (Å²) in [6, 6.07) is 5.13. The van der Waals surface area contributed by atoms with E-state index in [1.54, 1.807) is 29.5 Å². The van der Waals surface area contributed by atoms with Crippen molar-refractivity contribution in [1.82, 2.24) is 9.71 Å². The molecule has 0 aliphatic rings. The standard InChI is InChI=1S/C14H15N3O2S2/c1-9-7-20-8-10(9)5-17-21(18,19)14-6-16-13-4-11(15)2-3-12(13)14/h2-4,6-8,16-17H,5,15H2,1H3. The number of H-pyrrole nitrogens is 1. The fourth-order valence-electron chi connectivity index (χ4n) is 2.16. The zero-order chi connectivity index (χ0) is 15.0. The van der Waals surface area contributed by atoms with Gasteiger partial charge in [-0.15, -0.1) is 0 Å². The molecule has 0 saturated carbocycles. The lowest BCUT2D eigenvalue weighted by atomic mass is 10.2. The number of aromatic nitrogens is 1. The molecule has 4 N–H and O–H groups in total. The molecule has 0 unspecified atom stereocenters. The average Bonchev–Trinajstić information content (AvgIpc) is 3.02. The number of thiophene rings is 1. The van der Waals surface area contributed by atoms with Gasteiger partial charge in [-0.25, -0.2) is 13.1 Å². The highest BCUT2D eigenvalue weighted by atomic mass is 32.2. The summed E-state index contributed by atoms with van der Waals surface area (Å²) in [5, 5.41) is 4.59. The van der Waals surface area contributed by atoms with Crippen LogP contribution in [0.5, 0.6) is 0 Å². The van der Waals surface area contributed by atoms with E-state index in [2.05, 4.69) is 9.71 Å². The van der Waals surface area contributed by atoms with Gasteiger partial charge in [0.2, 0.25) is 10.0 Å². The fourth-order valence-corrected chi connectivity index (χ4v) is 4.20. The molecule has 5 nitrogen and oxygen atoms in total. The van der Waals surface area contributed by atoms with E-state index in [9.17, 15) is 8.42 Å². The lowest BCUT2D eigenvalue weighted by Gasteiger charge is -2.05. The van der Waals surface area contributed by atoms with Crippen molar-refractivity contribution >= 4 is 38.0 Å². The highest BCUT2D eigenvalue weighted by Gasteiger charge is 2.19. The van der Waals surface area contributed by atoms with Crippen molar-refractivity contribution in [1.29, 1.82) is 0 Å². The third-order valence-corrected chi connectivity index (χ3v) is 5.72. The molecule has 3 aromatic rings. The number of rotatable bonds is 4. The van der Waals surface area contributed by atoms with Crippen LogP contribution >= 0.6 is 11.3 Å². The molecule has 0 bridgehead atoms. The van der Waals surface area contributed by atoms with Gasteiger partial charge in [0.15, 0.2) is 0 Å². The first-order valence-electron chi connectivity index (χ1n) is 6.35. The van der Waals surface area contributed by atoms with Crippen molar-refractivity contribution in [3.8, 4) is 0 Å². The van der Waals surface area contributed by atoms with Gasteiger partial charge < -0.3 is 10.7 Å². The summed E-state index contributed by atoms with van der Waals surface area (Å²) in [6.07, 6.45) is 1.49. The Morgan fingerprint density at radius 2 is 2.14 bits per heavy atom. The molecule has 0 fully saturated rings. The molecule has 3 rings (SSSR count). The summed E-state index contributed by atoms with van der Waals surface area (Å²) in [4.78, 5) is 3.18. The van der Waals surface area contributed by atoms with Gasteiger partial charge in [-0.3, -0.25) is 0 Å². The highest BCUT2D eigenvalue weighted by molar-refractivity contribution is 7.89. The Balaban J connectivity index is 1.91. The summed E-state index contributed by atoms with van der Waals surface area (Å²) in [7, 11) is -3.57. The smallest absolute Gasteiger partial charge is 0.242 e. The zero-order valence-corrected chi connectivity index (χ0v) is 13.0. The number of benzene rings is 1. The van der Waals surface area contributed by atoms with Crippen molar-refractivity contribution in [2.75, 3.05) is 5.73 Å². The third kappa shape index (κ3) is 2.67. The first kappa shape index (κ1) is 14.1. The molecule has 0 aliphatic heterocycles. The van der Waals surface area contributed by atoms with E-state index < -0.39 is 10.0 Å². The van der Waals surface area contributed by atoms with Crippen LogP contribution in [0.3, 0.4) is 0 Å². The Morgan fingerprint density at radius 3 is 2.86 bits per heavy atom. The zero-order valence-electron chi connectivity index (χ0n) is 11.4. The molecule has 0 saturated heterocycles. The monoisotopic (exact) mass is 321 g/mol. The van der Waals surface area contributed by atoms with E-state index in [0.29, 0.717) is 23.1 Å². The maximum atomic E-state index is 12.4. The molecule has 110 valence electrons. The molecule has 0 amide bonds. The van der Waals surface area contributed by atoms with Gasteiger partial charge in [0.05, 0.1) is 0 Å². The quantitative estimate of drug-likeness (QED) is 0.645. The topological polar surface area (TPSA) is 88.0 Å². The van der Waals surface area contributed by atoms with Crippen LogP contribution in [0.2, 0.25) is 0 Å². The minimum atomic E-state index is -3.57. The molecule has 2 heterocycles. The summed E-state index contributed by atoms with van der Waals surface area (Å²) in [6.45, 7) is 2.26. The first-order valence-corrected chi connectivity index (χ1v) is 8.78. The lowest BCUT2D eigenvalue weighted by Crippen LogP contribution is -2.23. The maximum Gasteiger partial charge on any atom is 0.242 e. The number of sulfonamides is 1. The Labute approximate surface area is 126 Å². The molecule has 2 aromatic heterocycles. The van der Waals surface area contributed by atoms with Crippen LogP contribution in [-0.4, -0.2) is 13.4 Å². The molecular formula is C14H15N3O2S2. The van der Waals surface area contributed by atoms with Crippen LogP contribution in [0, 0.1) is 6.92 Å². The van der Waals surface area contributed by atoms with Crippen LogP contribution in [-0.2, 0) is 16.6 Å². The lowest BCUT2D eigenvalue weighted by molar-refractivity contribution is 0.582. The molecule has 0 atom stereocenters. The number of nitrogens with two attached hydrogens (primary N) is 1. The van der Waals surface area contributed by atoms with Gasteiger partial charge in [0.25, 0.3) is 0 Å². The number of aryl methyl sites for hydroxylation is 1. The van der Waals surface area contributed by atoms with Crippen molar-refractivity contribution in [3.63, 3.8) is 0 Å². The number of aromatic amines is 1. The molecule has 7 heteroatoms. The number of hydrogen-bond donors (Lipinski definition) is 3. The number of fused-ring (bicyclic) bond motifs is 1. The normalized spacial score (nSPS) is 12.0. The molecule has 0 aliphatic carbocycles. The van der Waals surface area contributed by atoms with E-state index >= 15 is 0 Å². The molecule has 21 heavy (non-hydrogen) atoms. The second-order valence-corrected chi connectivity index (χ2v) is 7.34. The van der Waals surface area contributed by atoms with E-state index in [-0.39, 0.29) is 4.90 Å². The van der Waals surface area contributed by atoms with Crippen molar-refractivity contribution in [2.24, 2.45) is 0 Å². The number of nitrogen functional groups attached to an aromatic ring is 1. The Morgan fingerprint density at radius 1 is 1.33 bits per heavy atom. The van der Waals surface area contributed by atoms with Gasteiger partial charge in [-0.05, 0) is 47.0 Å². The fraction of sp³-hybridized carbons (Fsp3) is 0.143. The van der Waals surface area contributed by atoms with Crippen LogP contribution in [0.1, 0.15) is 11.1 Å². The summed E-state index contributed by atoms with van der Waals surface area (Å²) >= 11 is 1.56. The van der Waals surface area contributed by atoms with Crippen LogP contribution in [0.4, 0.5) is 5.69 Å².